The highest BCUT2D eigenvalue weighted by Gasteiger charge is 2.11. The molecule has 0 aliphatic rings. The molecule has 0 spiro atoms. The number of hydrogen-bond acceptors (Lipinski definition) is 3. The second-order valence-corrected chi connectivity index (χ2v) is 5.01. The maximum Gasteiger partial charge on any atom is 0.173 e. The lowest BCUT2D eigenvalue weighted by atomic mass is 10.1. The second kappa shape index (κ2) is 6.52. The SMILES string of the molecule is COc1ccc(C(=O)CSc2ccccc2F)cc1F. The molecule has 0 N–H and O–H groups in total. The van der Waals surface area contributed by atoms with Crippen LogP contribution in [0.1, 0.15) is 10.4 Å². The summed E-state index contributed by atoms with van der Waals surface area (Å²) < 4.78 is 31.7. The standard InChI is InChI=1S/C15H12F2O2S/c1-19-14-7-6-10(8-12(14)17)13(18)9-20-15-5-3-2-4-11(15)16/h2-8H,9H2,1H3. The Morgan fingerprint density at radius 2 is 1.90 bits per heavy atom. The monoisotopic (exact) mass is 294 g/mol. The third-order valence-electron chi connectivity index (χ3n) is 2.67. The number of methoxy groups -OCH3 is 1. The average Bonchev–Trinajstić information content (AvgIpc) is 2.46. The predicted octanol–water partition coefficient (Wildman–Crippen LogP) is 3.95. The van der Waals surface area contributed by atoms with E-state index >= 15 is 0 Å². The molecule has 0 fully saturated rings. The number of carbonyl (C=O) groups excluding carboxylic acids is 1. The van der Waals surface area contributed by atoms with Gasteiger partial charge in [-0.2, -0.15) is 0 Å². The lowest BCUT2D eigenvalue weighted by Crippen LogP contribution is -2.03. The lowest BCUT2D eigenvalue weighted by Gasteiger charge is -2.05. The Hall–Kier alpha value is -1.88. The summed E-state index contributed by atoms with van der Waals surface area (Å²) in [6, 6.07) is 10.2. The first-order valence-electron chi connectivity index (χ1n) is 5.86. The molecule has 0 unspecified atom stereocenters. The summed E-state index contributed by atoms with van der Waals surface area (Å²) in [5, 5.41) is 0. The van der Waals surface area contributed by atoms with Crippen molar-refractivity contribution >= 4 is 17.5 Å². The highest BCUT2D eigenvalue weighted by Crippen LogP contribution is 2.23. The molecule has 20 heavy (non-hydrogen) atoms. The first-order chi connectivity index (χ1) is 9.61. The molecular formula is C15H12F2O2S. The van der Waals surface area contributed by atoms with Gasteiger partial charge in [0.15, 0.2) is 17.3 Å². The third kappa shape index (κ3) is 3.36. The average molecular weight is 294 g/mol. The minimum atomic E-state index is -0.589. The van der Waals surface area contributed by atoms with Crippen molar-refractivity contribution in [2.24, 2.45) is 0 Å². The van der Waals surface area contributed by atoms with E-state index in [-0.39, 0.29) is 28.7 Å². The molecule has 2 aromatic carbocycles. The minimum Gasteiger partial charge on any atom is -0.494 e. The van der Waals surface area contributed by atoms with Gasteiger partial charge in [-0.3, -0.25) is 4.79 Å². The molecular weight excluding hydrogens is 282 g/mol. The molecule has 2 nitrogen and oxygen atoms in total. The van der Waals surface area contributed by atoms with Crippen LogP contribution in [0.15, 0.2) is 47.4 Å². The van der Waals surface area contributed by atoms with E-state index in [4.69, 9.17) is 4.74 Å². The molecule has 2 rings (SSSR count). The van der Waals surface area contributed by atoms with Crippen molar-refractivity contribution in [1.82, 2.24) is 0 Å². The fourth-order valence-corrected chi connectivity index (χ4v) is 2.46. The summed E-state index contributed by atoms with van der Waals surface area (Å²) in [6.45, 7) is 0. The van der Waals surface area contributed by atoms with Crippen LogP contribution in [0.4, 0.5) is 8.78 Å². The van der Waals surface area contributed by atoms with Gasteiger partial charge < -0.3 is 4.74 Å². The number of halogens is 2. The van der Waals surface area contributed by atoms with Crippen LogP contribution in [-0.2, 0) is 0 Å². The van der Waals surface area contributed by atoms with Crippen molar-refractivity contribution < 1.29 is 18.3 Å². The van der Waals surface area contributed by atoms with Gasteiger partial charge in [-0.15, -0.1) is 11.8 Å². The van der Waals surface area contributed by atoms with Crippen LogP contribution < -0.4 is 4.74 Å². The van der Waals surface area contributed by atoms with Crippen LogP contribution in [0.25, 0.3) is 0 Å². The maximum absolute atomic E-state index is 13.5. The van der Waals surface area contributed by atoms with Crippen molar-refractivity contribution in [2.45, 2.75) is 4.90 Å². The van der Waals surface area contributed by atoms with Gasteiger partial charge in [-0.25, -0.2) is 8.78 Å². The van der Waals surface area contributed by atoms with E-state index in [9.17, 15) is 13.6 Å². The van der Waals surface area contributed by atoms with E-state index in [1.54, 1.807) is 18.2 Å². The van der Waals surface area contributed by atoms with Crippen molar-refractivity contribution in [1.29, 1.82) is 0 Å². The van der Waals surface area contributed by atoms with Crippen molar-refractivity contribution in [3.05, 3.63) is 59.7 Å². The molecule has 0 aromatic heterocycles. The smallest absolute Gasteiger partial charge is 0.173 e. The van der Waals surface area contributed by atoms with Gasteiger partial charge in [0, 0.05) is 10.5 Å². The fourth-order valence-electron chi connectivity index (χ4n) is 1.63. The van der Waals surface area contributed by atoms with Crippen LogP contribution in [0.3, 0.4) is 0 Å². The Morgan fingerprint density at radius 3 is 2.55 bits per heavy atom. The van der Waals surface area contributed by atoms with Crippen LogP contribution in [-0.4, -0.2) is 18.6 Å². The van der Waals surface area contributed by atoms with Crippen LogP contribution in [0, 0.1) is 11.6 Å². The fraction of sp³-hybridized carbons (Fsp3) is 0.133. The molecule has 0 heterocycles. The van der Waals surface area contributed by atoms with Crippen LogP contribution in [0.2, 0.25) is 0 Å². The molecule has 0 aliphatic heterocycles. The quantitative estimate of drug-likeness (QED) is 0.617. The normalized spacial score (nSPS) is 10.3. The van der Waals surface area contributed by atoms with Gasteiger partial charge >= 0.3 is 0 Å². The van der Waals surface area contributed by atoms with E-state index in [2.05, 4.69) is 0 Å². The molecule has 0 atom stereocenters. The zero-order valence-electron chi connectivity index (χ0n) is 10.7. The zero-order chi connectivity index (χ0) is 14.5. The Labute approximate surface area is 119 Å². The highest BCUT2D eigenvalue weighted by molar-refractivity contribution is 8.00. The van der Waals surface area contributed by atoms with E-state index in [1.807, 2.05) is 0 Å². The molecule has 2 aromatic rings. The summed E-state index contributed by atoms with van der Waals surface area (Å²) in [5.41, 5.74) is 0.243. The molecule has 0 saturated heterocycles. The first-order valence-corrected chi connectivity index (χ1v) is 6.84. The number of ketones is 1. The molecule has 0 saturated carbocycles. The Kier molecular flexibility index (Phi) is 4.74. The van der Waals surface area contributed by atoms with Gasteiger partial charge in [0.1, 0.15) is 5.82 Å². The minimum absolute atomic E-state index is 0.0483. The number of benzene rings is 2. The lowest BCUT2D eigenvalue weighted by molar-refractivity contribution is 0.102. The molecule has 0 radical (unpaired) electrons. The van der Waals surface area contributed by atoms with Gasteiger partial charge in [0.05, 0.1) is 12.9 Å². The Bertz CT molecular complexity index is 629. The molecule has 0 aliphatic carbocycles. The molecule has 0 bridgehead atoms. The number of carbonyl (C=O) groups is 1. The van der Waals surface area contributed by atoms with Crippen molar-refractivity contribution in [2.75, 3.05) is 12.9 Å². The second-order valence-electron chi connectivity index (χ2n) is 3.99. The number of hydrogen-bond donors (Lipinski definition) is 0. The van der Waals surface area contributed by atoms with E-state index in [0.717, 1.165) is 17.8 Å². The predicted molar refractivity (Wildman–Crippen MR) is 74.4 cm³/mol. The van der Waals surface area contributed by atoms with E-state index in [1.165, 1.54) is 25.3 Å². The first kappa shape index (κ1) is 14.5. The third-order valence-corrected chi connectivity index (χ3v) is 3.72. The van der Waals surface area contributed by atoms with Crippen molar-refractivity contribution in [3.63, 3.8) is 0 Å². The van der Waals surface area contributed by atoms with Crippen molar-refractivity contribution in [3.8, 4) is 5.75 Å². The van der Waals surface area contributed by atoms with Gasteiger partial charge in [0.25, 0.3) is 0 Å². The number of Topliss-reactive ketones (excluding diaryl/α,β-unsaturated/α-hetero) is 1. The summed E-state index contributed by atoms with van der Waals surface area (Å²) in [5.74, 6) is -1.09. The van der Waals surface area contributed by atoms with Crippen LogP contribution >= 0.6 is 11.8 Å². The summed E-state index contributed by atoms with van der Waals surface area (Å²) in [4.78, 5) is 12.3. The van der Waals surface area contributed by atoms with E-state index < -0.39 is 5.82 Å². The van der Waals surface area contributed by atoms with E-state index in [0.29, 0.717) is 4.90 Å². The van der Waals surface area contributed by atoms with Gasteiger partial charge in [-0.1, -0.05) is 12.1 Å². The van der Waals surface area contributed by atoms with Crippen LogP contribution in [0.5, 0.6) is 5.75 Å². The number of rotatable bonds is 5. The summed E-state index contributed by atoms with van der Waals surface area (Å²) >= 11 is 1.09. The zero-order valence-corrected chi connectivity index (χ0v) is 11.5. The number of thioether (sulfide) groups is 1. The Morgan fingerprint density at radius 1 is 1.15 bits per heavy atom. The maximum atomic E-state index is 13.5. The summed E-state index contributed by atoms with van der Waals surface area (Å²) in [7, 11) is 1.36. The van der Waals surface area contributed by atoms with Gasteiger partial charge in [0.2, 0.25) is 0 Å². The summed E-state index contributed by atoms with van der Waals surface area (Å²) in [6.07, 6.45) is 0. The highest BCUT2D eigenvalue weighted by atomic mass is 32.2. The molecule has 104 valence electrons. The molecule has 0 amide bonds. The molecule has 5 heteroatoms. The number of ether oxygens (including phenoxy) is 1. The van der Waals surface area contributed by atoms with Gasteiger partial charge in [-0.05, 0) is 30.3 Å². The topological polar surface area (TPSA) is 26.3 Å². The Balaban J connectivity index is 2.05. The largest absolute Gasteiger partial charge is 0.494 e.